The molecule has 1 aliphatic heterocycles. The Bertz CT molecular complexity index is 1180. The van der Waals surface area contributed by atoms with E-state index in [1.54, 1.807) is 0 Å². The second kappa shape index (κ2) is 13.0. The second-order valence-electron chi connectivity index (χ2n) is 10.1. The fraction of sp³-hybridized carbons (Fsp3) is 0.355. The van der Waals surface area contributed by atoms with Crippen LogP contribution in [0.3, 0.4) is 0 Å². The molecule has 2 amide bonds. The van der Waals surface area contributed by atoms with Gasteiger partial charge in [0, 0.05) is 61.4 Å². The Hall–Kier alpha value is -2.96. The molecule has 1 aliphatic rings. The number of rotatable bonds is 5. The van der Waals surface area contributed by atoms with E-state index in [2.05, 4.69) is 58.9 Å². The zero-order valence-corrected chi connectivity index (χ0v) is 23.4. The van der Waals surface area contributed by atoms with Crippen molar-refractivity contribution in [3.05, 3.63) is 100 Å². The molecule has 37 heavy (non-hydrogen) atoms. The summed E-state index contributed by atoms with van der Waals surface area (Å²) in [6.07, 6.45) is 1.37. The summed E-state index contributed by atoms with van der Waals surface area (Å²) in [5, 5.41) is 0. The molecule has 0 aromatic heterocycles. The largest absolute Gasteiger partial charge is 0.333 e. The lowest BCUT2D eigenvalue weighted by Gasteiger charge is -2.28. The van der Waals surface area contributed by atoms with E-state index < -0.39 is 0 Å². The van der Waals surface area contributed by atoms with Crippen LogP contribution in [0.5, 0.6) is 0 Å². The summed E-state index contributed by atoms with van der Waals surface area (Å²) in [5.74, 6) is 0.422. The highest BCUT2D eigenvalue weighted by atomic mass is 79.9. The van der Waals surface area contributed by atoms with Crippen LogP contribution in [0.4, 0.5) is 5.69 Å². The van der Waals surface area contributed by atoms with Gasteiger partial charge < -0.3 is 9.80 Å². The van der Waals surface area contributed by atoms with E-state index in [0.29, 0.717) is 31.6 Å². The summed E-state index contributed by atoms with van der Waals surface area (Å²) in [5.41, 5.74) is 3.83. The van der Waals surface area contributed by atoms with Crippen LogP contribution in [-0.4, -0.2) is 47.8 Å². The molecular formula is C31H36BrN3O2. The van der Waals surface area contributed by atoms with Gasteiger partial charge in [-0.3, -0.25) is 14.5 Å². The molecule has 0 saturated carbocycles. The minimum atomic E-state index is 0.00117. The van der Waals surface area contributed by atoms with E-state index in [1.807, 2.05) is 64.4 Å². The van der Waals surface area contributed by atoms with E-state index in [-0.39, 0.29) is 17.7 Å². The SMILES string of the molecule is CC(C)CC(=O)N1CCCN(Cc2ccccc2)CCN(C(=O)c2ccc(Br)cc2)Cc2ccccc21. The first-order valence-corrected chi connectivity index (χ1v) is 13.9. The summed E-state index contributed by atoms with van der Waals surface area (Å²) >= 11 is 3.47. The van der Waals surface area contributed by atoms with E-state index in [9.17, 15) is 9.59 Å². The predicted molar refractivity (Wildman–Crippen MR) is 153 cm³/mol. The first kappa shape index (κ1) is 27.1. The van der Waals surface area contributed by atoms with Gasteiger partial charge in [0.15, 0.2) is 0 Å². The Morgan fingerprint density at radius 3 is 2.27 bits per heavy atom. The van der Waals surface area contributed by atoms with Gasteiger partial charge in [-0.15, -0.1) is 0 Å². The van der Waals surface area contributed by atoms with Crippen molar-refractivity contribution in [2.75, 3.05) is 31.1 Å². The molecule has 0 fully saturated rings. The zero-order chi connectivity index (χ0) is 26.2. The fourth-order valence-electron chi connectivity index (χ4n) is 4.81. The summed E-state index contributed by atoms with van der Waals surface area (Å²) in [6, 6.07) is 26.0. The summed E-state index contributed by atoms with van der Waals surface area (Å²) < 4.78 is 0.945. The Morgan fingerprint density at radius 2 is 1.54 bits per heavy atom. The van der Waals surface area contributed by atoms with Crippen LogP contribution in [0.25, 0.3) is 0 Å². The van der Waals surface area contributed by atoms with Crippen molar-refractivity contribution in [2.24, 2.45) is 5.92 Å². The molecule has 0 spiro atoms. The number of nitrogens with zero attached hydrogens (tertiary/aromatic N) is 3. The number of hydrogen-bond acceptors (Lipinski definition) is 3. The van der Waals surface area contributed by atoms with Crippen molar-refractivity contribution in [2.45, 2.75) is 39.8 Å². The molecule has 0 bridgehead atoms. The Labute approximate surface area is 229 Å². The summed E-state index contributed by atoms with van der Waals surface area (Å²) in [7, 11) is 0. The molecule has 3 aromatic carbocycles. The van der Waals surface area contributed by atoms with Crippen LogP contribution < -0.4 is 4.90 Å². The number of carbonyl (C=O) groups excluding carboxylic acids is 2. The lowest BCUT2D eigenvalue weighted by Crippen LogP contribution is -2.38. The summed E-state index contributed by atoms with van der Waals surface area (Å²) in [4.78, 5) is 33.4. The van der Waals surface area contributed by atoms with E-state index in [0.717, 1.165) is 41.8 Å². The maximum atomic E-state index is 13.7. The fourth-order valence-corrected chi connectivity index (χ4v) is 5.07. The van der Waals surface area contributed by atoms with E-state index >= 15 is 0 Å². The number of fused-ring (bicyclic) bond motifs is 1. The first-order valence-electron chi connectivity index (χ1n) is 13.1. The van der Waals surface area contributed by atoms with Crippen LogP contribution in [-0.2, 0) is 17.9 Å². The number of hydrogen-bond donors (Lipinski definition) is 0. The number of anilines is 1. The number of carbonyl (C=O) groups is 2. The number of amides is 2. The lowest BCUT2D eigenvalue weighted by molar-refractivity contribution is -0.119. The van der Waals surface area contributed by atoms with Gasteiger partial charge in [0.2, 0.25) is 5.91 Å². The molecule has 194 valence electrons. The average molecular weight is 563 g/mol. The lowest BCUT2D eigenvalue weighted by atomic mass is 10.1. The molecule has 6 heteroatoms. The quantitative estimate of drug-likeness (QED) is 0.363. The van der Waals surface area contributed by atoms with Crippen molar-refractivity contribution in [3.63, 3.8) is 0 Å². The van der Waals surface area contributed by atoms with Crippen molar-refractivity contribution in [3.8, 4) is 0 Å². The molecule has 5 nitrogen and oxygen atoms in total. The van der Waals surface area contributed by atoms with Crippen LogP contribution in [0.2, 0.25) is 0 Å². The average Bonchev–Trinajstić information content (AvgIpc) is 2.92. The topological polar surface area (TPSA) is 43.9 Å². The number of para-hydroxylation sites is 1. The molecule has 0 unspecified atom stereocenters. The Morgan fingerprint density at radius 1 is 0.838 bits per heavy atom. The third kappa shape index (κ3) is 7.53. The third-order valence-electron chi connectivity index (χ3n) is 6.70. The van der Waals surface area contributed by atoms with Crippen LogP contribution >= 0.6 is 15.9 Å². The molecule has 1 heterocycles. The molecule has 0 radical (unpaired) electrons. The van der Waals surface area contributed by atoms with Gasteiger partial charge in [-0.1, -0.05) is 78.3 Å². The molecule has 4 rings (SSSR count). The third-order valence-corrected chi connectivity index (χ3v) is 7.23. The molecule has 0 atom stereocenters. The number of benzene rings is 3. The zero-order valence-electron chi connectivity index (χ0n) is 21.8. The highest BCUT2D eigenvalue weighted by Crippen LogP contribution is 2.26. The van der Waals surface area contributed by atoms with Crippen molar-refractivity contribution < 1.29 is 9.59 Å². The minimum Gasteiger partial charge on any atom is -0.333 e. The van der Waals surface area contributed by atoms with Gasteiger partial charge in [-0.2, -0.15) is 0 Å². The van der Waals surface area contributed by atoms with Gasteiger partial charge in [-0.05, 0) is 53.8 Å². The highest BCUT2D eigenvalue weighted by Gasteiger charge is 2.24. The van der Waals surface area contributed by atoms with Gasteiger partial charge in [0.25, 0.3) is 5.91 Å². The first-order chi connectivity index (χ1) is 17.9. The van der Waals surface area contributed by atoms with Gasteiger partial charge in [0.05, 0.1) is 0 Å². The monoisotopic (exact) mass is 561 g/mol. The Balaban J connectivity index is 1.67. The maximum absolute atomic E-state index is 13.7. The highest BCUT2D eigenvalue weighted by molar-refractivity contribution is 9.10. The van der Waals surface area contributed by atoms with Gasteiger partial charge in [0.1, 0.15) is 0 Å². The van der Waals surface area contributed by atoms with E-state index in [4.69, 9.17) is 0 Å². The van der Waals surface area contributed by atoms with Gasteiger partial charge in [-0.25, -0.2) is 0 Å². The standard InChI is InChI=1S/C31H36BrN3O2/c1-24(2)21-30(36)35-18-8-17-33(22-25-9-4-3-5-10-25)19-20-34(23-27-11-6-7-12-29(27)35)31(37)26-13-15-28(32)16-14-26/h3-7,9-16,24H,8,17-23H2,1-2H3. The van der Waals surface area contributed by atoms with Gasteiger partial charge >= 0.3 is 0 Å². The van der Waals surface area contributed by atoms with Crippen molar-refractivity contribution in [1.29, 1.82) is 0 Å². The maximum Gasteiger partial charge on any atom is 0.254 e. The molecule has 0 saturated heterocycles. The van der Waals surface area contributed by atoms with Crippen LogP contribution in [0.15, 0.2) is 83.3 Å². The normalized spacial score (nSPS) is 15.2. The van der Waals surface area contributed by atoms with Crippen molar-refractivity contribution >= 4 is 33.4 Å². The smallest absolute Gasteiger partial charge is 0.254 e. The summed E-state index contributed by atoms with van der Waals surface area (Å²) in [6.45, 7) is 8.31. The van der Waals surface area contributed by atoms with Crippen LogP contribution in [0, 0.1) is 5.92 Å². The van der Waals surface area contributed by atoms with Crippen LogP contribution in [0.1, 0.15) is 48.2 Å². The predicted octanol–water partition coefficient (Wildman–Crippen LogP) is 6.38. The number of halogens is 1. The second-order valence-corrected chi connectivity index (χ2v) is 11.0. The molecular weight excluding hydrogens is 526 g/mol. The minimum absolute atomic E-state index is 0.00117. The molecule has 0 aliphatic carbocycles. The molecule has 3 aromatic rings. The van der Waals surface area contributed by atoms with Crippen molar-refractivity contribution in [1.82, 2.24) is 9.80 Å². The molecule has 0 N–H and O–H groups in total. The van der Waals surface area contributed by atoms with E-state index in [1.165, 1.54) is 5.56 Å². The Kier molecular flexibility index (Phi) is 9.53.